The van der Waals surface area contributed by atoms with Crippen molar-refractivity contribution in [3.8, 4) is 0 Å². The van der Waals surface area contributed by atoms with Crippen LogP contribution in [-0.2, 0) is 15.9 Å². The summed E-state index contributed by atoms with van der Waals surface area (Å²) in [6, 6.07) is 9.64. The molecule has 3 rings (SSSR count). The number of piperidine rings is 1. The summed E-state index contributed by atoms with van der Waals surface area (Å²) < 4.78 is 11.3. The molecule has 2 fully saturated rings. The second kappa shape index (κ2) is 7.58. The molecule has 0 spiro atoms. The molecule has 1 aromatic carbocycles. The van der Waals surface area contributed by atoms with E-state index >= 15 is 0 Å². The third kappa shape index (κ3) is 3.89. The molecule has 0 radical (unpaired) electrons. The third-order valence-corrected chi connectivity index (χ3v) is 5.29. The van der Waals surface area contributed by atoms with E-state index in [1.807, 2.05) is 7.11 Å². The molecule has 0 bridgehead atoms. The first-order valence-electron chi connectivity index (χ1n) is 8.66. The number of hydrogen-bond donors (Lipinski definition) is 0. The van der Waals surface area contributed by atoms with Gasteiger partial charge in [0.05, 0.1) is 6.10 Å². The van der Waals surface area contributed by atoms with Gasteiger partial charge in [-0.15, -0.1) is 0 Å². The smallest absolute Gasteiger partial charge is 0.0627 e. The van der Waals surface area contributed by atoms with Crippen molar-refractivity contribution in [3.63, 3.8) is 0 Å². The highest BCUT2D eigenvalue weighted by Crippen LogP contribution is 2.27. The molecule has 0 saturated carbocycles. The van der Waals surface area contributed by atoms with Crippen molar-refractivity contribution in [2.75, 3.05) is 33.4 Å². The van der Waals surface area contributed by atoms with Crippen LogP contribution in [0.4, 0.5) is 0 Å². The van der Waals surface area contributed by atoms with Crippen molar-refractivity contribution >= 4 is 0 Å². The van der Waals surface area contributed by atoms with Gasteiger partial charge >= 0.3 is 0 Å². The number of methoxy groups -OCH3 is 1. The Bertz CT molecular complexity index is 470. The van der Waals surface area contributed by atoms with Crippen LogP contribution < -0.4 is 0 Å². The summed E-state index contributed by atoms with van der Waals surface area (Å²) >= 11 is 0. The van der Waals surface area contributed by atoms with Crippen molar-refractivity contribution in [2.45, 2.75) is 44.8 Å². The Balaban J connectivity index is 1.66. The van der Waals surface area contributed by atoms with E-state index in [0.29, 0.717) is 18.1 Å². The van der Waals surface area contributed by atoms with Gasteiger partial charge < -0.3 is 9.47 Å². The predicted octanol–water partition coefficient (Wildman–Crippen LogP) is 3.05. The molecule has 2 aliphatic heterocycles. The molecule has 2 saturated heterocycles. The summed E-state index contributed by atoms with van der Waals surface area (Å²) in [5.41, 5.74) is 2.80. The zero-order valence-corrected chi connectivity index (χ0v) is 14.0. The molecule has 122 valence electrons. The van der Waals surface area contributed by atoms with Gasteiger partial charge in [0.25, 0.3) is 0 Å². The summed E-state index contributed by atoms with van der Waals surface area (Å²) in [6.45, 7) is 6.37. The number of nitrogens with zero attached hydrogens (tertiary/aromatic N) is 1. The second-order valence-corrected chi connectivity index (χ2v) is 6.85. The highest BCUT2D eigenvalue weighted by Gasteiger charge is 2.33. The minimum atomic E-state index is 0.400. The molecule has 0 amide bonds. The maximum Gasteiger partial charge on any atom is 0.0627 e. The topological polar surface area (TPSA) is 21.7 Å². The first-order valence-corrected chi connectivity index (χ1v) is 8.66. The molecule has 2 heterocycles. The Morgan fingerprint density at radius 1 is 1.23 bits per heavy atom. The largest absolute Gasteiger partial charge is 0.381 e. The first-order chi connectivity index (χ1) is 10.8. The fraction of sp³-hybridized carbons (Fsp3) is 0.684. The van der Waals surface area contributed by atoms with Gasteiger partial charge in [0, 0.05) is 45.4 Å². The highest BCUT2D eigenvalue weighted by atomic mass is 16.5. The first kappa shape index (κ1) is 16.0. The molecule has 0 aliphatic carbocycles. The fourth-order valence-electron chi connectivity index (χ4n) is 4.07. The number of hydrogen-bond acceptors (Lipinski definition) is 3. The standard InChI is InChI=1S/C19H29NO2/c1-15-4-3-5-16(12-15)13-17-14-20(9-6-19(17)21-2)18-7-10-22-11-8-18/h3-5,12,17-19H,6-11,13-14H2,1-2H3/t17-,19-/m0/s1. The molecular formula is C19H29NO2. The van der Waals surface area contributed by atoms with E-state index in [9.17, 15) is 0 Å². The van der Waals surface area contributed by atoms with Crippen LogP contribution in [-0.4, -0.2) is 50.5 Å². The Hall–Kier alpha value is -0.900. The normalized spacial score (nSPS) is 27.9. The number of benzene rings is 1. The van der Waals surface area contributed by atoms with Crippen LogP contribution in [0.25, 0.3) is 0 Å². The fourth-order valence-corrected chi connectivity index (χ4v) is 4.07. The second-order valence-electron chi connectivity index (χ2n) is 6.85. The lowest BCUT2D eigenvalue weighted by molar-refractivity contribution is -0.0385. The molecule has 22 heavy (non-hydrogen) atoms. The van der Waals surface area contributed by atoms with Crippen LogP contribution in [0, 0.1) is 12.8 Å². The zero-order chi connectivity index (χ0) is 15.4. The van der Waals surface area contributed by atoms with E-state index in [1.165, 1.54) is 30.5 Å². The molecule has 0 aromatic heterocycles. The van der Waals surface area contributed by atoms with E-state index in [-0.39, 0.29) is 0 Å². The third-order valence-electron chi connectivity index (χ3n) is 5.29. The van der Waals surface area contributed by atoms with E-state index in [2.05, 4.69) is 36.1 Å². The average Bonchev–Trinajstić information content (AvgIpc) is 2.56. The van der Waals surface area contributed by atoms with E-state index < -0.39 is 0 Å². The van der Waals surface area contributed by atoms with Gasteiger partial charge in [-0.3, -0.25) is 4.90 Å². The quantitative estimate of drug-likeness (QED) is 0.853. The van der Waals surface area contributed by atoms with Gasteiger partial charge in [-0.2, -0.15) is 0 Å². The molecule has 2 atom stereocenters. The molecule has 0 N–H and O–H groups in total. The lowest BCUT2D eigenvalue weighted by Crippen LogP contribution is -2.50. The van der Waals surface area contributed by atoms with Crippen LogP contribution in [0.3, 0.4) is 0 Å². The van der Waals surface area contributed by atoms with Gasteiger partial charge in [-0.1, -0.05) is 29.8 Å². The molecule has 3 heteroatoms. The summed E-state index contributed by atoms with van der Waals surface area (Å²) in [4.78, 5) is 2.69. The van der Waals surface area contributed by atoms with Crippen LogP contribution in [0.5, 0.6) is 0 Å². The maximum atomic E-state index is 5.79. The van der Waals surface area contributed by atoms with E-state index in [0.717, 1.165) is 32.6 Å². The van der Waals surface area contributed by atoms with Crippen LogP contribution in [0.2, 0.25) is 0 Å². The molecule has 2 aliphatic rings. The van der Waals surface area contributed by atoms with Crippen molar-refractivity contribution in [2.24, 2.45) is 5.92 Å². The summed E-state index contributed by atoms with van der Waals surface area (Å²) in [6.07, 6.45) is 5.06. The Labute approximate surface area is 134 Å². The summed E-state index contributed by atoms with van der Waals surface area (Å²) in [5.74, 6) is 0.600. The van der Waals surface area contributed by atoms with Gasteiger partial charge in [0.15, 0.2) is 0 Å². The lowest BCUT2D eigenvalue weighted by atomic mass is 9.87. The highest BCUT2D eigenvalue weighted by molar-refractivity contribution is 5.23. The zero-order valence-electron chi connectivity index (χ0n) is 14.0. The van der Waals surface area contributed by atoms with Crippen LogP contribution in [0.1, 0.15) is 30.4 Å². The van der Waals surface area contributed by atoms with Crippen molar-refractivity contribution in [1.29, 1.82) is 0 Å². The van der Waals surface area contributed by atoms with Gasteiger partial charge in [-0.05, 0) is 38.2 Å². The van der Waals surface area contributed by atoms with Gasteiger partial charge in [-0.25, -0.2) is 0 Å². The van der Waals surface area contributed by atoms with Crippen molar-refractivity contribution in [3.05, 3.63) is 35.4 Å². The molecule has 1 aromatic rings. The van der Waals surface area contributed by atoms with E-state index in [1.54, 1.807) is 0 Å². The Kier molecular flexibility index (Phi) is 5.51. The number of ether oxygens (including phenoxy) is 2. The minimum Gasteiger partial charge on any atom is -0.381 e. The minimum absolute atomic E-state index is 0.400. The Morgan fingerprint density at radius 3 is 2.77 bits per heavy atom. The van der Waals surface area contributed by atoms with Crippen molar-refractivity contribution < 1.29 is 9.47 Å². The number of rotatable bonds is 4. The molecular weight excluding hydrogens is 274 g/mol. The number of aryl methyl sites for hydroxylation is 1. The monoisotopic (exact) mass is 303 g/mol. The average molecular weight is 303 g/mol. The summed E-state index contributed by atoms with van der Waals surface area (Å²) in [5, 5.41) is 0. The Morgan fingerprint density at radius 2 is 2.05 bits per heavy atom. The van der Waals surface area contributed by atoms with Gasteiger partial charge in [0.1, 0.15) is 0 Å². The van der Waals surface area contributed by atoms with E-state index in [4.69, 9.17) is 9.47 Å². The SMILES string of the molecule is CO[C@H]1CCN(C2CCOCC2)C[C@@H]1Cc1cccc(C)c1. The predicted molar refractivity (Wildman–Crippen MR) is 89.2 cm³/mol. The molecule has 0 unspecified atom stereocenters. The number of likely N-dealkylation sites (tertiary alicyclic amines) is 1. The maximum absolute atomic E-state index is 5.79. The molecule has 3 nitrogen and oxygen atoms in total. The van der Waals surface area contributed by atoms with Crippen LogP contribution >= 0.6 is 0 Å². The van der Waals surface area contributed by atoms with Gasteiger partial charge in [0.2, 0.25) is 0 Å². The van der Waals surface area contributed by atoms with Crippen LogP contribution in [0.15, 0.2) is 24.3 Å². The summed E-state index contributed by atoms with van der Waals surface area (Å²) in [7, 11) is 1.87. The lowest BCUT2D eigenvalue weighted by Gasteiger charge is -2.43. The van der Waals surface area contributed by atoms with Crippen molar-refractivity contribution in [1.82, 2.24) is 4.90 Å².